The molecule has 1 aromatic carbocycles. The molecule has 3 rings (SSSR count). The zero-order valence-corrected chi connectivity index (χ0v) is 14.2. The van der Waals surface area contributed by atoms with Crippen molar-refractivity contribution in [3.8, 4) is 0 Å². The second kappa shape index (κ2) is 5.57. The van der Waals surface area contributed by atoms with E-state index in [1.165, 1.54) is 24.8 Å². The van der Waals surface area contributed by atoms with Crippen LogP contribution in [0.15, 0.2) is 24.3 Å². The van der Waals surface area contributed by atoms with E-state index >= 15 is 0 Å². The molecule has 0 aromatic heterocycles. The highest BCUT2D eigenvalue weighted by atomic mass is 35.5. The van der Waals surface area contributed by atoms with E-state index in [1.54, 1.807) is 0 Å². The Hall–Kier alpha value is -0.570. The van der Waals surface area contributed by atoms with Gasteiger partial charge in [-0.25, -0.2) is 0 Å². The fraction of sp³-hybridized carbons (Fsp3) is 0.667. The van der Waals surface area contributed by atoms with Crippen LogP contribution in [0.25, 0.3) is 0 Å². The molecule has 21 heavy (non-hydrogen) atoms. The van der Waals surface area contributed by atoms with Crippen LogP contribution in [0, 0.1) is 5.92 Å². The summed E-state index contributed by atoms with van der Waals surface area (Å²) in [5, 5.41) is 4.68. The molecule has 2 unspecified atom stereocenters. The van der Waals surface area contributed by atoms with Crippen LogP contribution < -0.4 is 5.32 Å². The van der Waals surface area contributed by atoms with Crippen LogP contribution in [-0.2, 0) is 6.54 Å². The van der Waals surface area contributed by atoms with Crippen molar-refractivity contribution < 1.29 is 0 Å². The molecule has 1 heterocycles. The maximum atomic E-state index is 6.01. The summed E-state index contributed by atoms with van der Waals surface area (Å²) in [4.78, 5) is 2.69. The summed E-state index contributed by atoms with van der Waals surface area (Å²) in [6, 6.07) is 8.33. The molecule has 1 saturated heterocycles. The van der Waals surface area contributed by atoms with E-state index in [1.807, 2.05) is 12.1 Å². The SMILES string of the molecule is CCC1(C)CNC(C)(C2CC2)CN1Cc1ccc(Cl)cc1. The molecular formula is C18H27ClN2. The second-order valence-electron chi connectivity index (χ2n) is 7.38. The highest BCUT2D eigenvalue weighted by Gasteiger charge is 2.48. The normalized spacial score (nSPS) is 34.1. The van der Waals surface area contributed by atoms with Gasteiger partial charge in [0.2, 0.25) is 0 Å². The van der Waals surface area contributed by atoms with E-state index in [0.29, 0.717) is 5.54 Å². The van der Waals surface area contributed by atoms with E-state index in [-0.39, 0.29) is 5.54 Å². The molecule has 1 N–H and O–H groups in total. The number of hydrogen-bond donors (Lipinski definition) is 1. The van der Waals surface area contributed by atoms with E-state index in [9.17, 15) is 0 Å². The molecular weight excluding hydrogens is 280 g/mol. The second-order valence-corrected chi connectivity index (χ2v) is 7.81. The van der Waals surface area contributed by atoms with E-state index < -0.39 is 0 Å². The number of hydrogen-bond acceptors (Lipinski definition) is 2. The quantitative estimate of drug-likeness (QED) is 0.901. The minimum absolute atomic E-state index is 0.244. The van der Waals surface area contributed by atoms with Crippen LogP contribution in [0.1, 0.15) is 45.6 Å². The smallest absolute Gasteiger partial charge is 0.0406 e. The first-order valence-electron chi connectivity index (χ1n) is 8.20. The molecule has 0 spiro atoms. The summed E-state index contributed by atoms with van der Waals surface area (Å²) in [6.45, 7) is 10.4. The topological polar surface area (TPSA) is 15.3 Å². The molecule has 2 fully saturated rings. The molecule has 2 atom stereocenters. The summed E-state index contributed by atoms with van der Waals surface area (Å²) >= 11 is 6.01. The molecule has 1 saturated carbocycles. The van der Waals surface area contributed by atoms with Gasteiger partial charge in [0.1, 0.15) is 0 Å². The summed E-state index contributed by atoms with van der Waals surface area (Å²) in [6.07, 6.45) is 3.95. The number of nitrogens with zero attached hydrogens (tertiary/aromatic N) is 1. The van der Waals surface area contributed by atoms with Crippen molar-refractivity contribution in [2.45, 2.75) is 57.7 Å². The van der Waals surface area contributed by atoms with Gasteiger partial charge in [0.25, 0.3) is 0 Å². The third-order valence-electron chi connectivity index (χ3n) is 5.68. The third-order valence-corrected chi connectivity index (χ3v) is 5.93. The van der Waals surface area contributed by atoms with Crippen LogP contribution in [0.5, 0.6) is 0 Å². The lowest BCUT2D eigenvalue weighted by Gasteiger charge is -2.52. The highest BCUT2D eigenvalue weighted by Crippen LogP contribution is 2.43. The monoisotopic (exact) mass is 306 g/mol. The third kappa shape index (κ3) is 3.13. The highest BCUT2D eigenvalue weighted by molar-refractivity contribution is 6.30. The Morgan fingerprint density at radius 2 is 1.90 bits per heavy atom. The first kappa shape index (κ1) is 15.3. The number of benzene rings is 1. The number of halogens is 1. The summed E-state index contributed by atoms with van der Waals surface area (Å²) in [5.74, 6) is 0.867. The van der Waals surface area contributed by atoms with Gasteiger partial charge in [-0.3, -0.25) is 4.90 Å². The fourth-order valence-corrected chi connectivity index (χ4v) is 3.67. The predicted octanol–water partition coefficient (Wildman–Crippen LogP) is 4.08. The van der Waals surface area contributed by atoms with Crippen molar-refractivity contribution in [2.75, 3.05) is 13.1 Å². The van der Waals surface area contributed by atoms with Crippen molar-refractivity contribution in [2.24, 2.45) is 5.92 Å². The summed E-state index contributed by atoms with van der Waals surface area (Å²) in [5.41, 5.74) is 1.90. The van der Waals surface area contributed by atoms with Gasteiger partial charge in [0.05, 0.1) is 0 Å². The van der Waals surface area contributed by atoms with Crippen LogP contribution in [0.3, 0.4) is 0 Å². The average molecular weight is 307 g/mol. The fourth-order valence-electron chi connectivity index (χ4n) is 3.55. The van der Waals surface area contributed by atoms with Crippen LogP contribution >= 0.6 is 11.6 Å². The summed E-state index contributed by atoms with van der Waals surface area (Å²) in [7, 11) is 0. The van der Waals surface area contributed by atoms with E-state index in [0.717, 1.165) is 30.6 Å². The lowest BCUT2D eigenvalue weighted by Crippen LogP contribution is -2.68. The molecule has 0 radical (unpaired) electrons. The standard InChI is InChI=1S/C18H27ClN2/c1-4-17(2)12-20-18(3,15-7-8-15)13-21(17)11-14-5-9-16(19)10-6-14/h5-6,9-10,15,20H,4,7-8,11-13H2,1-3H3. The predicted molar refractivity (Wildman–Crippen MR) is 89.7 cm³/mol. The largest absolute Gasteiger partial charge is 0.308 e. The van der Waals surface area contributed by atoms with E-state index in [2.05, 4.69) is 43.1 Å². The van der Waals surface area contributed by atoms with Gasteiger partial charge in [-0.2, -0.15) is 0 Å². The van der Waals surface area contributed by atoms with Gasteiger partial charge >= 0.3 is 0 Å². The molecule has 2 aliphatic rings. The molecule has 1 aromatic rings. The molecule has 2 nitrogen and oxygen atoms in total. The maximum absolute atomic E-state index is 6.01. The Balaban J connectivity index is 1.78. The number of piperazine rings is 1. The van der Waals surface area contributed by atoms with Gasteiger partial charge in [0, 0.05) is 35.7 Å². The van der Waals surface area contributed by atoms with E-state index in [4.69, 9.17) is 11.6 Å². The van der Waals surface area contributed by atoms with Gasteiger partial charge in [-0.1, -0.05) is 30.7 Å². The molecule has 116 valence electrons. The van der Waals surface area contributed by atoms with Crippen molar-refractivity contribution in [3.05, 3.63) is 34.9 Å². The van der Waals surface area contributed by atoms with Crippen LogP contribution in [-0.4, -0.2) is 29.1 Å². The molecule has 3 heteroatoms. The molecule has 0 bridgehead atoms. The zero-order chi connectivity index (χ0) is 15.1. The Bertz CT molecular complexity index is 496. The Labute approximate surface area is 133 Å². The Morgan fingerprint density at radius 1 is 1.24 bits per heavy atom. The van der Waals surface area contributed by atoms with Crippen molar-refractivity contribution in [1.29, 1.82) is 0 Å². The number of rotatable bonds is 4. The van der Waals surface area contributed by atoms with Gasteiger partial charge in [-0.05, 0) is 56.7 Å². The van der Waals surface area contributed by atoms with Crippen LogP contribution in [0.4, 0.5) is 0 Å². The zero-order valence-electron chi connectivity index (χ0n) is 13.5. The summed E-state index contributed by atoms with van der Waals surface area (Å²) < 4.78 is 0. The first-order chi connectivity index (χ1) is 9.95. The van der Waals surface area contributed by atoms with Gasteiger partial charge in [-0.15, -0.1) is 0 Å². The first-order valence-corrected chi connectivity index (χ1v) is 8.57. The van der Waals surface area contributed by atoms with Crippen molar-refractivity contribution in [1.82, 2.24) is 10.2 Å². The number of nitrogens with one attached hydrogen (secondary N) is 1. The molecule has 1 aliphatic carbocycles. The Morgan fingerprint density at radius 3 is 2.48 bits per heavy atom. The molecule has 0 amide bonds. The van der Waals surface area contributed by atoms with Gasteiger partial charge in [0.15, 0.2) is 0 Å². The van der Waals surface area contributed by atoms with Gasteiger partial charge < -0.3 is 5.32 Å². The lowest BCUT2D eigenvalue weighted by atomic mass is 9.84. The minimum Gasteiger partial charge on any atom is -0.308 e. The maximum Gasteiger partial charge on any atom is 0.0406 e. The van der Waals surface area contributed by atoms with Crippen molar-refractivity contribution in [3.63, 3.8) is 0 Å². The van der Waals surface area contributed by atoms with Crippen LogP contribution in [0.2, 0.25) is 5.02 Å². The van der Waals surface area contributed by atoms with Crippen molar-refractivity contribution >= 4 is 11.6 Å². The molecule has 1 aliphatic heterocycles. The Kier molecular flexibility index (Phi) is 4.06. The lowest BCUT2D eigenvalue weighted by molar-refractivity contribution is 0.00425. The minimum atomic E-state index is 0.244. The average Bonchev–Trinajstić information content (AvgIpc) is 3.31.